The molecule has 4 rings (SSSR count). The molecule has 1 fully saturated rings. The molecular formula is C33H41Cl2N2O6PS. The van der Waals surface area contributed by atoms with Crippen molar-refractivity contribution in [2.75, 3.05) is 13.2 Å². The summed E-state index contributed by atoms with van der Waals surface area (Å²) in [6.45, 7) is 12.0. The average molecular weight is 696 g/mol. The minimum atomic E-state index is -2.77. The fourth-order valence-electron chi connectivity index (χ4n) is 4.53. The number of aromatic nitrogens is 2. The summed E-state index contributed by atoms with van der Waals surface area (Å²) < 4.78 is 28.0. The first kappa shape index (κ1) is 36.9. The average Bonchev–Trinajstić information content (AvgIpc) is 3.50. The third-order valence-electron chi connectivity index (χ3n) is 6.87. The van der Waals surface area contributed by atoms with Gasteiger partial charge in [-0.15, -0.1) is 0 Å². The lowest BCUT2D eigenvalue weighted by molar-refractivity contribution is -0.147. The molecule has 3 aromatic rings. The molecule has 0 N–H and O–H groups in total. The highest BCUT2D eigenvalue weighted by Gasteiger charge is 2.61. The van der Waals surface area contributed by atoms with Crippen LogP contribution in [0.5, 0.6) is 17.4 Å². The van der Waals surface area contributed by atoms with Crippen LogP contribution in [0.25, 0.3) is 0 Å². The monoisotopic (exact) mass is 694 g/mol. The van der Waals surface area contributed by atoms with Crippen molar-refractivity contribution in [3.05, 3.63) is 88.3 Å². The number of rotatable bonds is 13. The van der Waals surface area contributed by atoms with Gasteiger partial charge in [0.2, 0.25) is 5.88 Å². The van der Waals surface area contributed by atoms with E-state index in [1.165, 1.54) is 0 Å². The molecule has 2 unspecified atom stereocenters. The van der Waals surface area contributed by atoms with Gasteiger partial charge in [0, 0.05) is 29.5 Å². The predicted octanol–water partition coefficient (Wildman–Crippen LogP) is 9.70. The maximum Gasteiger partial charge on any atom is 0.381 e. The quantitative estimate of drug-likeness (QED) is 0.128. The first-order valence-electron chi connectivity index (χ1n) is 14.7. The zero-order valence-corrected chi connectivity index (χ0v) is 29.9. The molecule has 0 spiro atoms. The second-order valence-electron chi connectivity index (χ2n) is 11.2. The van der Waals surface area contributed by atoms with E-state index in [2.05, 4.69) is 9.97 Å². The van der Waals surface area contributed by atoms with Crippen molar-refractivity contribution in [1.29, 1.82) is 0 Å². The molecule has 0 radical (unpaired) electrons. The van der Waals surface area contributed by atoms with Gasteiger partial charge in [0.15, 0.2) is 0 Å². The maximum atomic E-state index is 12.4. The number of para-hydroxylation sites is 1. The first-order valence-corrected chi connectivity index (χ1v) is 18.0. The SMILES string of the molecule is CC1(C)C(C=C(Cl)Cl)C1C(=O)OCc1cccc(Oc2ccccc2)c1.CCOP(=S)(OCC)Oc1cc(C)nc(C(C)C)n1. The number of nitrogens with zero attached hydrogens (tertiary/aromatic N) is 2. The molecule has 2 atom stereocenters. The van der Waals surface area contributed by atoms with Gasteiger partial charge in [-0.3, -0.25) is 13.8 Å². The number of ether oxygens (including phenoxy) is 2. The molecule has 12 heteroatoms. The maximum absolute atomic E-state index is 12.4. The summed E-state index contributed by atoms with van der Waals surface area (Å²) in [6, 6.07) is 18.8. The van der Waals surface area contributed by atoms with Crippen LogP contribution in [0.3, 0.4) is 0 Å². The smallest absolute Gasteiger partial charge is 0.381 e. The molecule has 0 amide bonds. The van der Waals surface area contributed by atoms with Gasteiger partial charge in [-0.25, -0.2) is 4.98 Å². The Morgan fingerprint density at radius 3 is 2.24 bits per heavy atom. The molecular weight excluding hydrogens is 654 g/mol. The number of allylic oxidation sites excluding steroid dienone is 1. The molecule has 1 aliphatic carbocycles. The van der Waals surface area contributed by atoms with Crippen molar-refractivity contribution in [3.63, 3.8) is 0 Å². The van der Waals surface area contributed by atoms with Crippen LogP contribution in [0.1, 0.15) is 64.5 Å². The van der Waals surface area contributed by atoms with E-state index in [0.29, 0.717) is 24.8 Å². The largest absolute Gasteiger partial charge is 0.461 e. The van der Waals surface area contributed by atoms with Crippen molar-refractivity contribution in [3.8, 4) is 17.4 Å². The molecule has 0 bridgehead atoms. The fourth-order valence-corrected chi connectivity index (χ4v) is 6.80. The first-order chi connectivity index (χ1) is 21.3. The van der Waals surface area contributed by atoms with Crippen molar-refractivity contribution in [2.45, 2.75) is 61.0 Å². The lowest BCUT2D eigenvalue weighted by Gasteiger charge is -2.20. The number of halogens is 2. The highest BCUT2D eigenvalue weighted by Crippen LogP contribution is 2.60. The zero-order valence-electron chi connectivity index (χ0n) is 26.7. The molecule has 244 valence electrons. The lowest BCUT2D eigenvalue weighted by atomic mass is 10.1. The third-order valence-corrected chi connectivity index (χ3v) is 9.54. The topological polar surface area (TPSA) is 89.0 Å². The van der Waals surface area contributed by atoms with E-state index in [1.54, 1.807) is 12.1 Å². The molecule has 8 nitrogen and oxygen atoms in total. The summed E-state index contributed by atoms with van der Waals surface area (Å²) >= 11 is 16.8. The van der Waals surface area contributed by atoms with E-state index in [4.69, 9.17) is 58.1 Å². The number of aryl methyl sites for hydroxylation is 1. The van der Waals surface area contributed by atoms with Crippen LogP contribution < -0.4 is 9.26 Å². The van der Waals surface area contributed by atoms with Crippen molar-refractivity contribution >= 4 is 47.7 Å². The van der Waals surface area contributed by atoms with Gasteiger partial charge >= 0.3 is 12.7 Å². The van der Waals surface area contributed by atoms with E-state index in [1.807, 2.05) is 103 Å². The normalized spacial score (nSPS) is 16.7. The van der Waals surface area contributed by atoms with Crippen molar-refractivity contribution < 1.29 is 27.8 Å². The molecule has 0 saturated heterocycles. The standard InChI is InChI=1S/C21H20Cl2O3.C12H21N2O3PS/c1-21(2)17(12-18(22)23)19(21)20(24)25-13-14-7-6-10-16(11-14)26-15-8-4-3-5-9-15;1-6-15-18(19,16-7-2)17-11-8-10(5)13-12(14-11)9(3)4/h3-12,17,19H,13H2,1-2H3;8-9H,6-7H2,1-5H3. The second-order valence-corrected chi connectivity index (χ2v) is 15.1. The van der Waals surface area contributed by atoms with Crippen LogP contribution in [0.15, 0.2) is 71.2 Å². The summed E-state index contributed by atoms with van der Waals surface area (Å²) in [4.78, 5) is 21.1. The number of benzene rings is 2. The molecule has 1 saturated carbocycles. The van der Waals surface area contributed by atoms with Crippen LogP contribution in [0.2, 0.25) is 0 Å². The molecule has 0 aliphatic heterocycles. The van der Waals surface area contributed by atoms with Gasteiger partial charge in [-0.1, -0.05) is 81.2 Å². The fraction of sp³-hybridized carbons (Fsp3) is 0.424. The molecule has 2 aromatic carbocycles. The van der Waals surface area contributed by atoms with Gasteiger partial charge in [0.25, 0.3) is 0 Å². The summed E-state index contributed by atoms with van der Waals surface area (Å²) in [5, 5.41) is 0. The molecule has 1 aliphatic rings. The van der Waals surface area contributed by atoms with Gasteiger partial charge in [-0.05, 0) is 68.0 Å². The number of hydrogen-bond acceptors (Lipinski definition) is 9. The van der Waals surface area contributed by atoms with Gasteiger partial charge in [-0.2, -0.15) is 4.98 Å². The number of esters is 1. The van der Waals surface area contributed by atoms with E-state index in [9.17, 15) is 4.79 Å². The zero-order chi connectivity index (χ0) is 33.2. The predicted molar refractivity (Wildman–Crippen MR) is 182 cm³/mol. The molecule has 45 heavy (non-hydrogen) atoms. The Morgan fingerprint density at radius 2 is 1.64 bits per heavy atom. The van der Waals surface area contributed by atoms with Crippen LogP contribution >= 0.6 is 29.9 Å². The van der Waals surface area contributed by atoms with E-state index in [-0.39, 0.29) is 40.2 Å². The summed E-state index contributed by atoms with van der Waals surface area (Å²) in [7, 11) is 0. The van der Waals surface area contributed by atoms with Crippen LogP contribution in [-0.4, -0.2) is 29.2 Å². The van der Waals surface area contributed by atoms with Crippen molar-refractivity contribution in [2.24, 2.45) is 17.3 Å². The van der Waals surface area contributed by atoms with E-state index < -0.39 is 6.72 Å². The second kappa shape index (κ2) is 16.9. The lowest BCUT2D eigenvalue weighted by Crippen LogP contribution is -2.10. The Kier molecular flexibility index (Phi) is 13.8. The highest BCUT2D eigenvalue weighted by atomic mass is 35.5. The Labute approximate surface area is 281 Å². The van der Waals surface area contributed by atoms with Gasteiger partial charge in [0.1, 0.15) is 28.4 Å². The Morgan fingerprint density at radius 1 is 1.00 bits per heavy atom. The number of carbonyl (C=O) groups is 1. The summed E-state index contributed by atoms with van der Waals surface area (Å²) in [6.07, 6.45) is 1.71. The summed E-state index contributed by atoms with van der Waals surface area (Å²) in [5.74, 6) is 2.37. The summed E-state index contributed by atoms with van der Waals surface area (Å²) in [5.41, 5.74) is 1.51. The molecule has 1 aromatic heterocycles. The minimum absolute atomic E-state index is 0.00717. The Hall–Kier alpha value is -2.52. The third kappa shape index (κ3) is 11.3. The van der Waals surface area contributed by atoms with Crippen LogP contribution in [-0.2, 0) is 37.0 Å². The number of hydrogen-bond donors (Lipinski definition) is 0. The van der Waals surface area contributed by atoms with E-state index >= 15 is 0 Å². The Balaban J connectivity index is 0.000000259. The number of carbonyl (C=O) groups excluding carboxylic acids is 1. The minimum Gasteiger partial charge on any atom is -0.461 e. The molecule has 1 heterocycles. The van der Waals surface area contributed by atoms with E-state index in [0.717, 1.165) is 22.8 Å². The van der Waals surface area contributed by atoms with Gasteiger partial charge < -0.3 is 14.0 Å². The van der Waals surface area contributed by atoms with Crippen molar-refractivity contribution in [1.82, 2.24) is 9.97 Å². The highest BCUT2D eigenvalue weighted by molar-refractivity contribution is 8.07. The van der Waals surface area contributed by atoms with Crippen LogP contribution in [0.4, 0.5) is 0 Å². The Bertz CT molecular complexity index is 1490. The van der Waals surface area contributed by atoms with Crippen LogP contribution in [0, 0.1) is 24.2 Å². The van der Waals surface area contributed by atoms with Gasteiger partial charge in [0.05, 0.1) is 19.1 Å².